The molecule has 1 aromatic rings. The van der Waals surface area contributed by atoms with Crippen molar-refractivity contribution in [3.63, 3.8) is 0 Å². The molecule has 0 spiro atoms. The average molecular weight is 379 g/mol. The van der Waals surface area contributed by atoms with Crippen molar-refractivity contribution in [1.82, 2.24) is 4.90 Å². The zero-order valence-electron chi connectivity index (χ0n) is 16.4. The van der Waals surface area contributed by atoms with Gasteiger partial charge in [0.2, 0.25) is 0 Å². The van der Waals surface area contributed by atoms with Crippen LogP contribution < -0.4 is 0 Å². The minimum atomic E-state index is -0.966. The highest BCUT2D eigenvalue weighted by molar-refractivity contribution is 5.99. The second-order valence-electron chi connectivity index (χ2n) is 8.69. The topological polar surface area (TPSA) is 46.6 Å². The summed E-state index contributed by atoms with van der Waals surface area (Å²) in [5.74, 6) is -2.36. The van der Waals surface area contributed by atoms with Crippen molar-refractivity contribution in [3.05, 3.63) is 34.9 Å². The number of carbonyl (C=O) groups is 2. The van der Waals surface area contributed by atoms with E-state index < -0.39 is 17.2 Å². The molecule has 6 heteroatoms. The number of hydrogen-bond acceptors (Lipinski definition) is 3. The van der Waals surface area contributed by atoms with Gasteiger partial charge in [-0.25, -0.2) is 13.6 Å². The van der Waals surface area contributed by atoms with E-state index in [1.807, 2.05) is 20.8 Å². The Bertz CT molecular complexity index is 743. The molecule has 4 nitrogen and oxygen atoms in total. The van der Waals surface area contributed by atoms with Crippen LogP contribution in [-0.4, -0.2) is 34.5 Å². The number of hydrogen-bond donors (Lipinski definition) is 0. The molecule has 0 radical (unpaired) electrons. The molecule has 3 rings (SSSR count). The van der Waals surface area contributed by atoms with Crippen LogP contribution in [0, 0.1) is 24.5 Å². The third kappa shape index (κ3) is 3.99. The zero-order valence-corrected chi connectivity index (χ0v) is 16.4. The van der Waals surface area contributed by atoms with Crippen molar-refractivity contribution in [2.24, 2.45) is 5.92 Å². The second kappa shape index (κ2) is 7.21. The van der Waals surface area contributed by atoms with Gasteiger partial charge in [0.05, 0.1) is 0 Å². The Kier molecular flexibility index (Phi) is 5.28. The Morgan fingerprint density at radius 1 is 1.11 bits per heavy atom. The summed E-state index contributed by atoms with van der Waals surface area (Å²) in [5.41, 5.74) is -0.275. The number of ether oxygens (including phenoxy) is 1. The maximum absolute atomic E-state index is 13.9. The molecular formula is C21H27F2NO3. The third-order valence-corrected chi connectivity index (χ3v) is 5.55. The molecule has 0 aromatic heterocycles. The molecule has 148 valence electrons. The number of rotatable bonds is 2. The quantitative estimate of drug-likeness (QED) is 0.678. The summed E-state index contributed by atoms with van der Waals surface area (Å²) in [6, 6.07) is 2.28. The molecule has 1 aromatic carbocycles. The molecular weight excluding hydrogens is 352 g/mol. The molecule has 27 heavy (non-hydrogen) atoms. The number of fused-ring (bicyclic) bond motifs is 2. The first kappa shape index (κ1) is 19.8. The maximum atomic E-state index is 13.9. The molecule has 0 N–H and O–H groups in total. The van der Waals surface area contributed by atoms with Crippen LogP contribution in [-0.2, 0) is 4.74 Å². The first-order valence-corrected chi connectivity index (χ1v) is 9.58. The van der Waals surface area contributed by atoms with Crippen molar-refractivity contribution in [2.45, 2.75) is 77.5 Å². The fourth-order valence-corrected chi connectivity index (χ4v) is 4.35. The van der Waals surface area contributed by atoms with Crippen LogP contribution >= 0.6 is 0 Å². The molecule has 2 aliphatic rings. The Hall–Kier alpha value is -1.98. The predicted molar refractivity (Wildman–Crippen MR) is 97.6 cm³/mol. The lowest BCUT2D eigenvalue weighted by molar-refractivity contribution is -0.0260. The highest BCUT2D eigenvalue weighted by Gasteiger charge is 2.44. The molecule has 2 saturated heterocycles. The normalized spacial score (nSPS) is 25.3. The van der Waals surface area contributed by atoms with Gasteiger partial charge in [0.25, 0.3) is 0 Å². The SMILES string of the molecule is Cc1c(C(=O)C2CC3CCCC(C2)N3C(=O)OC(C)(C)C)ccc(F)c1F. The number of amides is 1. The summed E-state index contributed by atoms with van der Waals surface area (Å²) < 4.78 is 32.8. The van der Waals surface area contributed by atoms with E-state index in [4.69, 9.17) is 4.74 Å². The van der Waals surface area contributed by atoms with E-state index in [0.29, 0.717) is 12.8 Å². The van der Waals surface area contributed by atoms with Crippen LogP contribution in [0.4, 0.5) is 13.6 Å². The second-order valence-corrected chi connectivity index (χ2v) is 8.69. The summed E-state index contributed by atoms with van der Waals surface area (Å²) in [4.78, 5) is 27.4. The van der Waals surface area contributed by atoms with E-state index in [0.717, 1.165) is 25.3 Å². The minimum absolute atomic E-state index is 0.0492. The lowest BCUT2D eigenvalue weighted by Gasteiger charge is -2.48. The summed E-state index contributed by atoms with van der Waals surface area (Å²) in [5, 5.41) is 0. The van der Waals surface area contributed by atoms with Gasteiger partial charge in [-0.2, -0.15) is 0 Å². The minimum Gasteiger partial charge on any atom is -0.444 e. The Morgan fingerprint density at radius 2 is 1.70 bits per heavy atom. The number of halogens is 2. The molecule has 0 saturated carbocycles. The van der Waals surface area contributed by atoms with Crippen LogP contribution in [0.2, 0.25) is 0 Å². The van der Waals surface area contributed by atoms with Crippen LogP contribution in [0.3, 0.4) is 0 Å². The van der Waals surface area contributed by atoms with Crippen LogP contribution in [0.15, 0.2) is 12.1 Å². The zero-order chi connectivity index (χ0) is 19.9. The van der Waals surface area contributed by atoms with E-state index in [9.17, 15) is 18.4 Å². The third-order valence-electron chi connectivity index (χ3n) is 5.55. The summed E-state index contributed by atoms with van der Waals surface area (Å²) in [7, 11) is 0. The first-order valence-electron chi connectivity index (χ1n) is 9.58. The highest BCUT2D eigenvalue weighted by atomic mass is 19.2. The molecule has 0 aliphatic carbocycles. The predicted octanol–water partition coefficient (Wildman–Crippen LogP) is 5.02. The number of nitrogens with zero attached hydrogens (tertiary/aromatic N) is 1. The Balaban J connectivity index is 1.79. The fraction of sp³-hybridized carbons (Fsp3) is 0.619. The summed E-state index contributed by atoms with van der Waals surface area (Å²) in [6.45, 7) is 6.94. The van der Waals surface area contributed by atoms with Gasteiger partial charge in [0.1, 0.15) is 5.60 Å². The van der Waals surface area contributed by atoms with Gasteiger partial charge < -0.3 is 9.64 Å². The van der Waals surface area contributed by atoms with Gasteiger partial charge >= 0.3 is 6.09 Å². The maximum Gasteiger partial charge on any atom is 0.410 e. The number of carbonyl (C=O) groups excluding carboxylic acids is 2. The van der Waals surface area contributed by atoms with Crippen molar-refractivity contribution in [2.75, 3.05) is 0 Å². The first-order chi connectivity index (χ1) is 12.6. The molecule has 2 aliphatic heterocycles. The Morgan fingerprint density at radius 3 is 2.26 bits per heavy atom. The van der Waals surface area contributed by atoms with Gasteiger partial charge in [-0.3, -0.25) is 4.79 Å². The van der Waals surface area contributed by atoms with E-state index in [1.54, 1.807) is 4.90 Å². The lowest BCUT2D eigenvalue weighted by atomic mass is 9.75. The van der Waals surface area contributed by atoms with Gasteiger partial charge in [-0.1, -0.05) is 0 Å². The van der Waals surface area contributed by atoms with Crippen molar-refractivity contribution >= 4 is 11.9 Å². The lowest BCUT2D eigenvalue weighted by Crippen LogP contribution is -2.56. The number of benzene rings is 1. The molecule has 2 bridgehead atoms. The van der Waals surface area contributed by atoms with E-state index in [2.05, 4.69) is 0 Å². The molecule has 2 atom stereocenters. The van der Waals surface area contributed by atoms with Crippen LogP contribution in [0.1, 0.15) is 68.8 Å². The number of ketones is 1. The molecule has 2 heterocycles. The molecule has 2 unspecified atom stereocenters. The van der Waals surface area contributed by atoms with E-state index >= 15 is 0 Å². The Labute approximate surface area is 158 Å². The molecule has 1 amide bonds. The number of Topliss-reactive ketones (excluding diaryl/α,β-unsaturated/α-hetero) is 1. The van der Waals surface area contributed by atoms with Gasteiger partial charge in [-0.05, 0) is 77.5 Å². The van der Waals surface area contributed by atoms with Crippen molar-refractivity contribution in [3.8, 4) is 0 Å². The summed E-state index contributed by atoms with van der Waals surface area (Å²) >= 11 is 0. The fourth-order valence-electron chi connectivity index (χ4n) is 4.35. The van der Waals surface area contributed by atoms with Crippen molar-refractivity contribution < 1.29 is 23.1 Å². The van der Waals surface area contributed by atoms with Gasteiger partial charge in [-0.15, -0.1) is 0 Å². The van der Waals surface area contributed by atoms with E-state index in [-0.39, 0.29) is 41.0 Å². The van der Waals surface area contributed by atoms with Crippen LogP contribution in [0.25, 0.3) is 0 Å². The van der Waals surface area contributed by atoms with Crippen LogP contribution in [0.5, 0.6) is 0 Å². The average Bonchev–Trinajstić information content (AvgIpc) is 2.56. The standard InChI is InChI=1S/C21H27F2NO3/c1-12-16(8-9-17(22)18(12)23)19(25)13-10-14-6-5-7-15(11-13)24(14)20(26)27-21(2,3)4/h8-9,13-15H,5-7,10-11H2,1-4H3. The number of piperidine rings is 2. The van der Waals surface area contributed by atoms with E-state index in [1.165, 1.54) is 13.0 Å². The highest BCUT2D eigenvalue weighted by Crippen LogP contribution is 2.39. The van der Waals surface area contributed by atoms with Gasteiger partial charge in [0.15, 0.2) is 17.4 Å². The smallest absolute Gasteiger partial charge is 0.410 e. The van der Waals surface area contributed by atoms with Gasteiger partial charge in [0, 0.05) is 23.6 Å². The summed E-state index contributed by atoms with van der Waals surface area (Å²) in [6.07, 6.45) is 3.42. The monoisotopic (exact) mass is 379 g/mol. The van der Waals surface area contributed by atoms with Crippen molar-refractivity contribution in [1.29, 1.82) is 0 Å². The largest absolute Gasteiger partial charge is 0.444 e. The molecule has 2 fully saturated rings.